The first-order chi connectivity index (χ1) is 10.6. The molecular weight excluding hydrogens is 290 g/mol. The number of nitrogens with one attached hydrogen (secondary N) is 3. The largest absolute Gasteiger partial charge is 0.391 e. The van der Waals surface area contributed by atoms with E-state index in [1.807, 2.05) is 0 Å². The summed E-state index contributed by atoms with van der Waals surface area (Å²) in [5.74, 6) is -0.477. The van der Waals surface area contributed by atoms with E-state index < -0.39 is 16.9 Å². The lowest BCUT2D eigenvalue weighted by atomic mass is 10.1. The molecule has 1 aromatic carbocycles. The molecule has 4 N–H and O–H groups in total. The first-order valence-corrected chi connectivity index (χ1v) is 6.86. The molecule has 2 unspecified atom stereocenters. The maximum absolute atomic E-state index is 12.2. The van der Waals surface area contributed by atoms with Crippen LogP contribution in [0.1, 0.15) is 10.5 Å². The summed E-state index contributed by atoms with van der Waals surface area (Å²) < 4.78 is 0. The number of nitro benzene ring substituents is 1. The van der Waals surface area contributed by atoms with Gasteiger partial charge in [-0.25, -0.2) is 0 Å². The fraction of sp³-hybridized carbons (Fsp3) is 0.385. The lowest BCUT2D eigenvalue weighted by Gasteiger charge is -2.13. The van der Waals surface area contributed by atoms with E-state index in [1.54, 1.807) is 0 Å². The summed E-state index contributed by atoms with van der Waals surface area (Å²) >= 11 is 0. The van der Waals surface area contributed by atoms with Gasteiger partial charge in [-0.05, 0) is 6.07 Å². The monoisotopic (exact) mass is 305 g/mol. The highest BCUT2D eigenvalue weighted by molar-refractivity contribution is 6.05. The second-order valence-electron chi connectivity index (χ2n) is 5.25. The van der Waals surface area contributed by atoms with Gasteiger partial charge in [-0.1, -0.05) is 0 Å². The molecular formula is C13H15N5O4. The maximum Gasteiger partial charge on any atom is 0.272 e. The van der Waals surface area contributed by atoms with Crippen molar-refractivity contribution in [2.75, 3.05) is 19.6 Å². The molecule has 2 atom stereocenters. The van der Waals surface area contributed by atoms with Gasteiger partial charge in [0, 0.05) is 43.1 Å². The molecule has 1 fully saturated rings. The Balaban J connectivity index is 1.78. The lowest BCUT2D eigenvalue weighted by molar-refractivity contribution is -0.384. The number of rotatable bonds is 4. The zero-order valence-corrected chi connectivity index (χ0v) is 11.6. The molecule has 9 nitrogen and oxygen atoms in total. The van der Waals surface area contributed by atoms with Crippen LogP contribution in [0.5, 0.6) is 0 Å². The van der Waals surface area contributed by atoms with E-state index in [2.05, 4.69) is 20.8 Å². The Kier molecular flexibility index (Phi) is 3.73. The molecule has 0 spiro atoms. The Morgan fingerprint density at radius 3 is 3.00 bits per heavy atom. The highest BCUT2D eigenvalue weighted by Crippen LogP contribution is 2.22. The molecule has 0 saturated carbocycles. The van der Waals surface area contributed by atoms with Gasteiger partial charge in [-0.15, -0.1) is 0 Å². The molecule has 22 heavy (non-hydrogen) atoms. The molecule has 0 radical (unpaired) electrons. The molecule has 116 valence electrons. The molecule has 1 saturated heterocycles. The molecule has 1 aromatic heterocycles. The number of nitrogens with zero attached hydrogens (tertiary/aromatic N) is 2. The Morgan fingerprint density at radius 2 is 2.32 bits per heavy atom. The van der Waals surface area contributed by atoms with Gasteiger partial charge in [-0.3, -0.25) is 20.0 Å². The van der Waals surface area contributed by atoms with Crippen molar-refractivity contribution >= 4 is 22.5 Å². The minimum atomic E-state index is -0.519. The van der Waals surface area contributed by atoms with Crippen LogP contribution in [0.3, 0.4) is 0 Å². The number of benzene rings is 1. The second-order valence-corrected chi connectivity index (χ2v) is 5.25. The summed E-state index contributed by atoms with van der Waals surface area (Å²) in [5.41, 5.74) is 0.566. The summed E-state index contributed by atoms with van der Waals surface area (Å²) in [6.07, 6.45) is -0.489. The number of aliphatic hydroxyl groups is 1. The number of carbonyl (C=O) groups is 1. The number of β-amino-alcohol motifs (C(OH)–C–C–N with tert-alkyl or cyclic N) is 1. The zero-order valence-electron chi connectivity index (χ0n) is 11.6. The predicted octanol–water partition coefficient (Wildman–Crippen LogP) is -0.219. The smallest absolute Gasteiger partial charge is 0.272 e. The summed E-state index contributed by atoms with van der Waals surface area (Å²) in [6, 6.07) is 4.18. The van der Waals surface area contributed by atoms with Crippen LogP contribution in [-0.4, -0.2) is 51.9 Å². The molecule has 0 aliphatic carbocycles. The number of amides is 1. The van der Waals surface area contributed by atoms with Crippen molar-refractivity contribution in [2.24, 2.45) is 5.92 Å². The van der Waals surface area contributed by atoms with E-state index in [0.29, 0.717) is 30.5 Å². The Bertz CT molecular complexity index is 728. The first-order valence-electron chi connectivity index (χ1n) is 6.86. The minimum Gasteiger partial charge on any atom is -0.391 e. The van der Waals surface area contributed by atoms with Gasteiger partial charge in [-0.2, -0.15) is 5.10 Å². The van der Waals surface area contributed by atoms with Crippen LogP contribution in [0.2, 0.25) is 0 Å². The van der Waals surface area contributed by atoms with Crippen LogP contribution in [0.15, 0.2) is 18.2 Å². The molecule has 3 rings (SSSR count). The fourth-order valence-electron chi connectivity index (χ4n) is 2.52. The van der Waals surface area contributed by atoms with E-state index in [4.69, 9.17) is 0 Å². The number of hydrogen-bond donors (Lipinski definition) is 4. The van der Waals surface area contributed by atoms with Crippen molar-refractivity contribution in [3.63, 3.8) is 0 Å². The van der Waals surface area contributed by atoms with Crippen LogP contribution in [0.25, 0.3) is 10.9 Å². The molecule has 2 heterocycles. The Morgan fingerprint density at radius 1 is 1.50 bits per heavy atom. The normalized spacial score (nSPS) is 21.1. The summed E-state index contributed by atoms with van der Waals surface area (Å²) in [6.45, 7) is 1.46. The Labute approximate surface area is 124 Å². The molecule has 1 amide bonds. The third-order valence-corrected chi connectivity index (χ3v) is 3.80. The fourth-order valence-corrected chi connectivity index (χ4v) is 2.52. The number of carbonyl (C=O) groups excluding carboxylic acids is 1. The van der Waals surface area contributed by atoms with Crippen molar-refractivity contribution in [3.8, 4) is 0 Å². The predicted molar refractivity (Wildman–Crippen MR) is 77.4 cm³/mol. The van der Waals surface area contributed by atoms with Crippen LogP contribution < -0.4 is 10.6 Å². The van der Waals surface area contributed by atoms with Crippen molar-refractivity contribution in [3.05, 3.63) is 34.0 Å². The molecule has 1 aliphatic rings. The number of nitro groups is 1. The van der Waals surface area contributed by atoms with Gasteiger partial charge < -0.3 is 15.7 Å². The van der Waals surface area contributed by atoms with Crippen LogP contribution in [0.4, 0.5) is 5.69 Å². The Hall–Kier alpha value is -2.52. The summed E-state index contributed by atoms with van der Waals surface area (Å²) in [5, 5.41) is 33.3. The highest BCUT2D eigenvalue weighted by atomic mass is 16.6. The second kappa shape index (κ2) is 5.70. The highest BCUT2D eigenvalue weighted by Gasteiger charge is 2.26. The van der Waals surface area contributed by atoms with Crippen molar-refractivity contribution in [2.45, 2.75) is 6.10 Å². The van der Waals surface area contributed by atoms with Gasteiger partial charge >= 0.3 is 0 Å². The van der Waals surface area contributed by atoms with Crippen LogP contribution >= 0.6 is 0 Å². The summed E-state index contributed by atoms with van der Waals surface area (Å²) in [7, 11) is 0. The van der Waals surface area contributed by atoms with Gasteiger partial charge in [0.15, 0.2) is 5.69 Å². The van der Waals surface area contributed by atoms with Gasteiger partial charge in [0.2, 0.25) is 0 Å². The van der Waals surface area contributed by atoms with Crippen LogP contribution in [-0.2, 0) is 0 Å². The van der Waals surface area contributed by atoms with Crippen LogP contribution in [0, 0.1) is 16.0 Å². The van der Waals surface area contributed by atoms with Gasteiger partial charge in [0.1, 0.15) is 0 Å². The topological polar surface area (TPSA) is 133 Å². The summed E-state index contributed by atoms with van der Waals surface area (Å²) in [4.78, 5) is 22.5. The minimum absolute atomic E-state index is 0.0523. The quantitative estimate of drug-likeness (QED) is 0.456. The van der Waals surface area contributed by atoms with Crippen molar-refractivity contribution < 1.29 is 14.8 Å². The lowest BCUT2D eigenvalue weighted by Crippen LogP contribution is -2.34. The maximum atomic E-state index is 12.2. The molecule has 1 aliphatic heterocycles. The van der Waals surface area contributed by atoms with Gasteiger partial charge in [0.05, 0.1) is 16.5 Å². The number of hydrogen-bond acceptors (Lipinski definition) is 6. The number of H-pyrrole nitrogens is 1. The van der Waals surface area contributed by atoms with E-state index in [-0.39, 0.29) is 17.3 Å². The average molecular weight is 305 g/mol. The third kappa shape index (κ3) is 2.63. The standard InChI is InChI=1S/C13H15N5O4/c19-11-6-14-4-7(11)5-15-13(20)12-9-3-8(18(21)22)1-2-10(9)16-17-12/h1-3,7,11,14,19H,4-6H2,(H,15,20)(H,16,17). The average Bonchev–Trinajstić information content (AvgIpc) is 3.10. The molecule has 9 heteroatoms. The number of aliphatic hydroxyl groups excluding tert-OH is 1. The van der Waals surface area contributed by atoms with Crippen molar-refractivity contribution in [1.29, 1.82) is 0 Å². The number of fused-ring (bicyclic) bond motifs is 1. The number of non-ortho nitro benzene ring substituents is 1. The molecule has 2 aromatic rings. The van der Waals surface area contributed by atoms with E-state index in [0.717, 1.165) is 0 Å². The van der Waals surface area contributed by atoms with Gasteiger partial charge in [0.25, 0.3) is 11.6 Å². The third-order valence-electron chi connectivity index (χ3n) is 3.80. The van der Waals surface area contributed by atoms with E-state index >= 15 is 0 Å². The van der Waals surface area contributed by atoms with Crippen molar-refractivity contribution in [1.82, 2.24) is 20.8 Å². The number of aromatic amines is 1. The first kappa shape index (κ1) is 14.4. The zero-order chi connectivity index (χ0) is 15.7. The van der Waals surface area contributed by atoms with E-state index in [9.17, 15) is 20.0 Å². The SMILES string of the molecule is O=C(NCC1CNCC1O)c1n[nH]c2ccc([N+](=O)[O-])cc12. The van der Waals surface area contributed by atoms with E-state index in [1.165, 1.54) is 18.2 Å². The molecule has 0 bridgehead atoms. The number of aromatic nitrogens is 2.